The molecule has 0 unspecified atom stereocenters. The molecule has 0 spiro atoms. The van der Waals surface area contributed by atoms with Gasteiger partial charge in [0.25, 0.3) is 0 Å². The van der Waals surface area contributed by atoms with Crippen molar-refractivity contribution in [2.24, 2.45) is 0 Å². The molecular weight excluding hydrogens is 230 g/mol. The highest BCUT2D eigenvalue weighted by Crippen LogP contribution is 2.29. The molecule has 0 aliphatic heterocycles. The van der Waals surface area contributed by atoms with Gasteiger partial charge in [0, 0.05) is 0 Å². The van der Waals surface area contributed by atoms with E-state index in [4.69, 9.17) is 0 Å². The van der Waals surface area contributed by atoms with Gasteiger partial charge in [0.15, 0.2) is 0 Å². The van der Waals surface area contributed by atoms with E-state index in [1.54, 1.807) is 24.3 Å². The minimum atomic E-state index is -0.342. The van der Waals surface area contributed by atoms with Crippen LogP contribution in [0.1, 0.15) is 11.1 Å². The molecule has 0 nitrogen and oxygen atoms in total. The second-order valence-electron chi connectivity index (χ2n) is 3.87. The van der Waals surface area contributed by atoms with Crippen molar-refractivity contribution in [1.82, 2.24) is 0 Å². The largest absolute Gasteiger partial charge is 0.207 e. The Morgan fingerprint density at radius 1 is 0.722 bits per heavy atom. The third-order valence-electron chi connectivity index (χ3n) is 2.76. The van der Waals surface area contributed by atoms with E-state index in [0.29, 0.717) is 11.1 Å². The molecule has 0 aliphatic carbocycles. The van der Waals surface area contributed by atoms with Crippen molar-refractivity contribution in [3.63, 3.8) is 0 Å². The number of hydrogen-bond donors (Lipinski definition) is 0. The van der Waals surface area contributed by atoms with Crippen molar-refractivity contribution in [3.05, 3.63) is 72.3 Å². The van der Waals surface area contributed by atoms with Crippen LogP contribution in [0.3, 0.4) is 0 Å². The van der Waals surface area contributed by atoms with Crippen LogP contribution in [-0.4, -0.2) is 0 Å². The highest BCUT2D eigenvalue weighted by Gasteiger charge is 2.08. The van der Waals surface area contributed by atoms with Crippen LogP contribution in [-0.2, 0) is 0 Å². The monoisotopic (exact) mass is 242 g/mol. The standard InChI is InChI=1S/C16H12F2/c1-3-11-5-6-14(18)10-16(11)15-8-7-13(17)9-12(15)4-2/h3-10H,1-2H2. The molecule has 18 heavy (non-hydrogen) atoms. The summed E-state index contributed by atoms with van der Waals surface area (Å²) in [5, 5.41) is 0. The van der Waals surface area contributed by atoms with Gasteiger partial charge in [0.05, 0.1) is 0 Å². The summed E-state index contributed by atoms with van der Waals surface area (Å²) in [5.41, 5.74) is 2.84. The van der Waals surface area contributed by atoms with Crippen LogP contribution < -0.4 is 0 Å². The van der Waals surface area contributed by atoms with Crippen LogP contribution in [0.5, 0.6) is 0 Å². The zero-order chi connectivity index (χ0) is 13.1. The zero-order valence-corrected chi connectivity index (χ0v) is 9.79. The maximum atomic E-state index is 13.3. The van der Waals surface area contributed by atoms with Crippen molar-refractivity contribution in [2.45, 2.75) is 0 Å². The second kappa shape index (κ2) is 4.96. The van der Waals surface area contributed by atoms with Crippen molar-refractivity contribution in [3.8, 4) is 11.1 Å². The van der Waals surface area contributed by atoms with Gasteiger partial charge in [-0.25, -0.2) is 8.78 Å². The topological polar surface area (TPSA) is 0 Å². The molecule has 90 valence electrons. The fraction of sp³-hybridized carbons (Fsp3) is 0. The smallest absolute Gasteiger partial charge is 0.123 e. The lowest BCUT2D eigenvalue weighted by Gasteiger charge is -2.10. The lowest BCUT2D eigenvalue weighted by molar-refractivity contribution is 0.627. The Balaban J connectivity index is 2.71. The molecule has 2 heteroatoms. The first kappa shape index (κ1) is 12.2. The molecule has 0 aliphatic rings. The van der Waals surface area contributed by atoms with Crippen molar-refractivity contribution in [2.75, 3.05) is 0 Å². The molecule has 0 aromatic heterocycles. The minimum absolute atomic E-state index is 0.338. The normalized spacial score (nSPS) is 10.1. The van der Waals surface area contributed by atoms with Crippen LogP contribution in [0.25, 0.3) is 23.3 Å². The first-order valence-electron chi connectivity index (χ1n) is 5.50. The van der Waals surface area contributed by atoms with Gasteiger partial charge in [0.1, 0.15) is 11.6 Å². The Labute approximate surface area is 105 Å². The van der Waals surface area contributed by atoms with Gasteiger partial charge in [-0.3, -0.25) is 0 Å². The summed E-state index contributed by atoms with van der Waals surface area (Å²) in [6.07, 6.45) is 3.20. The van der Waals surface area contributed by atoms with E-state index in [-0.39, 0.29) is 11.6 Å². The fourth-order valence-electron chi connectivity index (χ4n) is 1.89. The quantitative estimate of drug-likeness (QED) is 0.716. The Hall–Kier alpha value is -2.22. The molecule has 0 amide bonds. The van der Waals surface area contributed by atoms with Gasteiger partial charge in [-0.05, 0) is 46.5 Å². The lowest BCUT2D eigenvalue weighted by Crippen LogP contribution is -1.90. The number of hydrogen-bond acceptors (Lipinski definition) is 0. The second-order valence-corrected chi connectivity index (χ2v) is 3.87. The maximum absolute atomic E-state index is 13.3. The van der Waals surface area contributed by atoms with E-state index in [9.17, 15) is 8.78 Å². The van der Waals surface area contributed by atoms with Crippen LogP contribution in [0, 0.1) is 11.6 Å². The van der Waals surface area contributed by atoms with E-state index >= 15 is 0 Å². The summed E-state index contributed by atoms with van der Waals surface area (Å²) in [4.78, 5) is 0. The van der Waals surface area contributed by atoms with E-state index < -0.39 is 0 Å². The molecule has 0 bridgehead atoms. The molecule has 0 heterocycles. The van der Waals surface area contributed by atoms with Gasteiger partial charge in [-0.1, -0.05) is 37.4 Å². The Morgan fingerprint density at radius 2 is 1.33 bits per heavy atom. The predicted octanol–water partition coefficient (Wildman–Crippen LogP) is 4.92. The minimum Gasteiger partial charge on any atom is -0.207 e. The molecule has 2 rings (SSSR count). The van der Waals surface area contributed by atoms with Gasteiger partial charge in [-0.2, -0.15) is 0 Å². The first-order valence-corrected chi connectivity index (χ1v) is 5.50. The Kier molecular flexibility index (Phi) is 3.38. The highest BCUT2D eigenvalue weighted by atomic mass is 19.1. The summed E-state index contributed by atoms with van der Waals surface area (Å²) in [6.45, 7) is 7.35. The zero-order valence-electron chi connectivity index (χ0n) is 9.79. The molecule has 0 saturated heterocycles. The summed E-state index contributed by atoms with van der Waals surface area (Å²) in [7, 11) is 0. The van der Waals surface area contributed by atoms with Gasteiger partial charge in [-0.15, -0.1) is 0 Å². The molecule has 2 aromatic carbocycles. The third kappa shape index (κ3) is 2.23. The molecule has 2 aromatic rings. The van der Waals surface area contributed by atoms with E-state index in [2.05, 4.69) is 13.2 Å². The molecular formula is C16H12F2. The number of halogens is 2. The summed E-state index contributed by atoms with van der Waals surface area (Å²) < 4.78 is 26.5. The number of benzene rings is 2. The van der Waals surface area contributed by atoms with Crippen molar-refractivity contribution < 1.29 is 8.78 Å². The summed E-state index contributed by atoms with van der Waals surface area (Å²) >= 11 is 0. The van der Waals surface area contributed by atoms with Crippen molar-refractivity contribution in [1.29, 1.82) is 0 Å². The van der Waals surface area contributed by atoms with Crippen LogP contribution >= 0.6 is 0 Å². The van der Waals surface area contributed by atoms with Gasteiger partial charge >= 0.3 is 0 Å². The molecule has 0 atom stereocenters. The summed E-state index contributed by atoms with van der Waals surface area (Å²) in [6, 6.07) is 8.77. The number of rotatable bonds is 3. The van der Waals surface area contributed by atoms with Gasteiger partial charge < -0.3 is 0 Å². The predicted molar refractivity (Wildman–Crippen MR) is 72.0 cm³/mol. The average molecular weight is 242 g/mol. The van der Waals surface area contributed by atoms with E-state index in [1.165, 1.54) is 24.3 Å². The molecule has 0 fully saturated rings. The van der Waals surface area contributed by atoms with E-state index in [0.717, 1.165) is 11.1 Å². The average Bonchev–Trinajstić information content (AvgIpc) is 2.38. The third-order valence-corrected chi connectivity index (χ3v) is 2.76. The highest BCUT2D eigenvalue weighted by molar-refractivity contribution is 5.81. The summed E-state index contributed by atoms with van der Waals surface area (Å²) in [5.74, 6) is -0.680. The molecule has 0 radical (unpaired) electrons. The van der Waals surface area contributed by atoms with Crippen LogP contribution in [0.15, 0.2) is 49.6 Å². The molecule has 0 saturated carbocycles. The van der Waals surface area contributed by atoms with Gasteiger partial charge in [0.2, 0.25) is 0 Å². The SMILES string of the molecule is C=Cc1cc(F)ccc1-c1cc(F)ccc1C=C. The lowest BCUT2D eigenvalue weighted by atomic mass is 9.95. The first-order chi connectivity index (χ1) is 8.65. The van der Waals surface area contributed by atoms with Crippen LogP contribution in [0.4, 0.5) is 8.78 Å². The Morgan fingerprint density at radius 3 is 2.00 bits per heavy atom. The van der Waals surface area contributed by atoms with E-state index in [1.807, 2.05) is 0 Å². The maximum Gasteiger partial charge on any atom is 0.123 e. The fourth-order valence-corrected chi connectivity index (χ4v) is 1.89. The van der Waals surface area contributed by atoms with Crippen LogP contribution in [0.2, 0.25) is 0 Å². The van der Waals surface area contributed by atoms with Crippen molar-refractivity contribution >= 4 is 12.2 Å². The molecule has 0 N–H and O–H groups in total. The Bertz CT molecular complexity index is 612.